The lowest BCUT2D eigenvalue weighted by Gasteiger charge is -2.10. The molecule has 0 saturated heterocycles. The first-order chi connectivity index (χ1) is 9.42. The molecular weight excluding hydrogens is 272 g/mol. The summed E-state index contributed by atoms with van der Waals surface area (Å²) in [4.78, 5) is 0.254. The molecule has 0 unspecified atom stereocenters. The topological polar surface area (TPSA) is 72.2 Å². The molecule has 0 bridgehead atoms. The summed E-state index contributed by atoms with van der Waals surface area (Å²) in [6.07, 6.45) is 1.83. The maximum absolute atomic E-state index is 12.4. The highest BCUT2D eigenvalue weighted by Gasteiger charge is 2.17. The van der Waals surface area contributed by atoms with Crippen LogP contribution in [0.25, 0.3) is 10.8 Å². The number of hydrogen-bond donors (Lipinski definition) is 2. The molecule has 0 radical (unpaired) electrons. The van der Waals surface area contributed by atoms with Crippen LogP contribution in [-0.4, -0.2) is 15.0 Å². The second kappa shape index (κ2) is 5.64. The fraction of sp³-hybridized carbons (Fsp3) is 0.200. The van der Waals surface area contributed by atoms with E-state index in [1.54, 1.807) is 24.3 Å². The Kier molecular flexibility index (Phi) is 4.11. The van der Waals surface area contributed by atoms with E-state index >= 15 is 0 Å². The van der Waals surface area contributed by atoms with E-state index in [4.69, 9.17) is 5.73 Å². The van der Waals surface area contributed by atoms with Gasteiger partial charge in [-0.2, -0.15) is 0 Å². The summed E-state index contributed by atoms with van der Waals surface area (Å²) >= 11 is 0. The normalized spacial score (nSPS) is 11.5. The Morgan fingerprint density at radius 1 is 1.15 bits per heavy atom. The van der Waals surface area contributed by atoms with Crippen molar-refractivity contribution < 1.29 is 8.42 Å². The Morgan fingerprint density at radius 2 is 1.80 bits per heavy atom. The van der Waals surface area contributed by atoms with E-state index in [0.717, 1.165) is 11.0 Å². The standard InChI is InChI=1S/C15H18N2O2S/c1-11(2)9-10-17-20(18,19)15-8-7-14(16)12-5-3-4-6-13(12)15/h3-9,17H,10,16H2,1-2H3. The van der Waals surface area contributed by atoms with Crippen molar-refractivity contribution in [3.63, 3.8) is 0 Å². The summed E-state index contributed by atoms with van der Waals surface area (Å²) in [7, 11) is -3.55. The molecule has 0 aliphatic carbocycles. The number of hydrogen-bond acceptors (Lipinski definition) is 3. The fourth-order valence-electron chi connectivity index (χ4n) is 1.96. The molecule has 20 heavy (non-hydrogen) atoms. The van der Waals surface area contributed by atoms with Gasteiger partial charge in [-0.05, 0) is 26.0 Å². The molecule has 0 amide bonds. The van der Waals surface area contributed by atoms with Crippen LogP contribution < -0.4 is 10.5 Å². The van der Waals surface area contributed by atoms with Crippen molar-refractivity contribution in [2.75, 3.05) is 12.3 Å². The largest absolute Gasteiger partial charge is 0.398 e. The van der Waals surface area contributed by atoms with Crippen LogP contribution in [0.4, 0.5) is 5.69 Å². The number of rotatable bonds is 4. The smallest absolute Gasteiger partial charge is 0.241 e. The number of nitrogen functional groups attached to an aromatic ring is 1. The van der Waals surface area contributed by atoms with Crippen molar-refractivity contribution in [2.45, 2.75) is 18.7 Å². The van der Waals surface area contributed by atoms with Crippen LogP contribution in [0.2, 0.25) is 0 Å². The van der Waals surface area contributed by atoms with Gasteiger partial charge < -0.3 is 5.73 Å². The first kappa shape index (κ1) is 14.6. The number of nitrogens with two attached hydrogens (primary N) is 1. The van der Waals surface area contributed by atoms with Gasteiger partial charge in [0.05, 0.1) is 4.90 Å². The predicted molar refractivity (Wildman–Crippen MR) is 83.0 cm³/mol. The minimum Gasteiger partial charge on any atom is -0.398 e. The Bertz CT molecular complexity index is 761. The Labute approximate surface area is 119 Å². The van der Waals surface area contributed by atoms with Crippen molar-refractivity contribution in [1.29, 1.82) is 0 Å². The van der Waals surface area contributed by atoms with E-state index in [2.05, 4.69) is 4.72 Å². The number of benzene rings is 2. The molecule has 2 aromatic rings. The molecule has 0 aliphatic rings. The van der Waals surface area contributed by atoms with E-state index in [1.165, 1.54) is 0 Å². The van der Waals surface area contributed by atoms with Crippen molar-refractivity contribution in [1.82, 2.24) is 4.72 Å². The quantitative estimate of drug-likeness (QED) is 0.671. The molecule has 0 atom stereocenters. The first-order valence-corrected chi connectivity index (χ1v) is 7.80. The van der Waals surface area contributed by atoms with Crippen LogP contribution in [0.15, 0.2) is 52.9 Å². The monoisotopic (exact) mass is 290 g/mol. The number of anilines is 1. The minimum atomic E-state index is -3.55. The number of sulfonamides is 1. The highest BCUT2D eigenvalue weighted by Crippen LogP contribution is 2.27. The summed E-state index contributed by atoms with van der Waals surface area (Å²) in [5.74, 6) is 0. The van der Waals surface area contributed by atoms with Gasteiger partial charge in [-0.1, -0.05) is 35.9 Å². The molecule has 0 fully saturated rings. The van der Waals surface area contributed by atoms with Gasteiger partial charge in [0, 0.05) is 23.0 Å². The molecule has 3 N–H and O–H groups in total. The Morgan fingerprint density at radius 3 is 2.45 bits per heavy atom. The predicted octanol–water partition coefficient (Wildman–Crippen LogP) is 2.67. The van der Waals surface area contributed by atoms with Gasteiger partial charge in [-0.25, -0.2) is 13.1 Å². The molecule has 0 heterocycles. The molecule has 0 aromatic heterocycles. The number of fused-ring (bicyclic) bond motifs is 1. The van der Waals surface area contributed by atoms with E-state index in [-0.39, 0.29) is 11.4 Å². The lowest BCUT2D eigenvalue weighted by Crippen LogP contribution is -2.24. The maximum Gasteiger partial charge on any atom is 0.241 e. The van der Waals surface area contributed by atoms with Gasteiger partial charge in [0.1, 0.15) is 0 Å². The third-order valence-corrected chi connectivity index (χ3v) is 4.47. The van der Waals surface area contributed by atoms with Crippen molar-refractivity contribution >= 4 is 26.5 Å². The van der Waals surface area contributed by atoms with Crippen LogP contribution in [0.5, 0.6) is 0 Å². The van der Waals surface area contributed by atoms with Crippen molar-refractivity contribution in [2.24, 2.45) is 0 Å². The van der Waals surface area contributed by atoms with Gasteiger partial charge in [-0.3, -0.25) is 0 Å². The highest BCUT2D eigenvalue weighted by molar-refractivity contribution is 7.89. The average molecular weight is 290 g/mol. The van der Waals surface area contributed by atoms with Crippen molar-refractivity contribution in [3.8, 4) is 0 Å². The van der Waals surface area contributed by atoms with Gasteiger partial charge in [0.25, 0.3) is 0 Å². The van der Waals surface area contributed by atoms with Gasteiger partial charge in [-0.15, -0.1) is 0 Å². The molecule has 0 spiro atoms. The lowest BCUT2D eigenvalue weighted by atomic mass is 10.1. The summed E-state index contributed by atoms with van der Waals surface area (Å²) in [6, 6.07) is 10.4. The van der Waals surface area contributed by atoms with Crippen molar-refractivity contribution in [3.05, 3.63) is 48.0 Å². The zero-order chi connectivity index (χ0) is 14.8. The Hall–Kier alpha value is -1.85. The average Bonchev–Trinajstić information content (AvgIpc) is 2.38. The van der Waals surface area contributed by atoms with Crippen LogP contribution in [0.3, 0.4) is 0 Å². The molecule has 0 aliphatic heterocycles. The Balaban J connectivity index is 2.47. The molecule has 4 nitrogen and oxygen atoms in total. The molecule has 2 rings (SSSR count). The van der Waals surface area contributed by atoms with Crippen LogP contribution in [0, 0.1) is 0 Å². The molecule has 106 valence electrons. The van der Waals surface area contributed by atoms with Gasteiger partial charge in [0.15, 0.2) is 0 Å². The third-order valence-electron chi connectivity index (χ3n) is 2.99. The van der Waals surface area contributed by atoms with E-state index in [0.29, 0.717) is 11.1 Å². The number of nitrogens with one attached hydrogen (secondary N) is 1. The molecule has 5 heteroatoms. The summed E-state index contributed by atoms with van der Waals surface area (Å²) in [6.45, 7) is 4.13. The minimum absolute atomic E-state index is 0.254. The zero-order valence-corrected chi connectivity index (χ0v) is 12.4. The number of allylic oxidation sites excluding steroid dienone is 1. The summed E-state index contributed by atoms with van der Waals surface area (Å²) in [5, 5.41) is 1.38. The van der Waals surface area contributed by atoms with Crippen LogP contribution in [-0.2, 0) is 10.0 Å². The second-order valence-corrected chi connectivity index (χ2v) is 6.57. The lowest BCUT2D eigenvalue weighted by molar-refractivity contribution is 0.586. The van der Waals surface area contributed by atoms with E-state index < -0.39 is 10.0 Å². The third kappa shape index (κ3) is 3.00. The molecule has 0 saturated carbocycles. The van der Waals surface area contributed by atoms with Gasteiger partial charge in [0.2, 0.25) is 10.0 Å². The van der Waals surface area contributed by atoms with Crippen LogP contribution in [0.1, 0.15) is 13.8 Å². The maximum atomic E-state index is 12.4. The molecule has 2 aromatic carbocycles. The fourth-order valence-corrected chi connectivity index (χ4v) is 3.14. The molecular formula is C15H18N2O2S. The van der Waals surface area contributed by atoms with Crippen LogP contribution >= 0.6 is 0 Å². The summed E-state index contributed by atoms with van der Waals surface area (Å²) < 4.78 is 27.3. The summed E-state index contributed by atoms with van der Waals surface area (Å²) in [5.41, 5.74) is 7.52. The van der Waals surface area contributed by atoms with E-state index in [1.807, 2.05) is 32.1 Å². The highest BCUT2D eigenvalue weighted by atomic mass is 32.2. The zero-order valence-electron chi connectivity index (χ0n) is 11.6. The SMILES string of the molecule is CC(C)=CCNS(=O)(=O)c1ccc(N)c2ccccc12. The van der Waals surface area contributed by atoms with Gasteiger partial charge >= 0.3 is 0 Å². The first-order valence-electron chi connectivity index (χ1n) is 6.32. The second-order valence-electron chi connectivity index (χ2n) is 4.83. The van der Waals surface area contributed by atoms with E-state index in [9.17, 15) is 8.42 Å².